The first-order valence-electron chi connectivity index (χ1n) is 6.69. The van der Waals surface area contributed by atoms with Gasteiger partial charge >= 0.3 is 0 Å². The Labute approximate surface area is 130 Å². The van der Waals surface area contributed by atoms with Crippen molar-refractivity contribution >= 4 is 23.2 Å². The highest BCUT2D eigenvalue weighted by molar-refractivity contribution is 6.33. The minimum atomic E-state index is -0.152. The topological polar surface area (TPSA) is 9.23 Å². The van der Waals surface area contributed by atoms with E-state index in [0.29, 0.717) is 5.02 Å². The molecular weight excluding hydrogens is 291 g/mol. The van der Waals surface area contributed by atoms with Crippen molar-refractivity contribution in [3.63, 3.8) is 0 Å². The Morgan fingerprint density at radius 1 is 1.10 bits per heavy atom. The molecule has 0 aliphatic carbocycles. The number of benzene rings is 2. The Balaban J connectivity index is 2.31. The van der Waals surface area contributed by atoms with Gasteiger partial charge in [0.15, 0.2) is 0 Å². The third-order valence-electron chi connectivity index (χ3n) is 3.53. The fourth-order valence-electron chi connectivity index (χ4n) is 2.39. The third-order valence-corrected chi connectivity index (χ3v) is 4.39. The van der Waals surface area contributed by atoms with E-state index in [0.717, 1.165) is 17.7 Å². The van der Waals surface area contributed by atoms with Crippen LogP contribution in [0.4, 0.5) is 0 Å². The Bertz CT molecular complexity index is 554. The van der Waals surface area contributed by atoms with Crippen LogP contribution in [0.15, 0.2) is 48.5 Å². The fraction of sp³-hybridized carbons (Fsp3) is 0.294. The first-order valence-corrected chi connectivity index (χ1v) is 7.51. The van der Waals surface area contributed by atoms with Gasteiger partial charge in [0.1, 0.15) is 5.75 Å². The SMILES string of the molecule is CCC(c1ccccc1)C(Cl)c1ccc(OC)cc1Cl. The molecule has 0 fully saturated rings. The van der Waals surface area contributed by atoms with Crippen LogP contribution in [0.1, 0.15) is 35.8 Å². The lowest BCUT2D eigenvalue weighted by atomic mass is 9.89. The summed E-state index contributed by atoms with van der Waals surface area (Å²) in [5, 5.41) is 0.500. The summed E-state index contributed by atoms with van der Waals surface area (Å²) in [6.07, 6.45) is 0.959. The van der Waals surface area contributed by atoms with Crippen LogP contribution in [0.3, 0.4) is 0 Å². The summed E-state index contributed by atoms with van der Waals surface area (Å²) in [6.45, 7) is 2.14. The van der Waals surface area contributed by atoms with E-state index in [-0.39, 0.29) is 11.3 Å². The van der Waals surface area contributed by atoms with Crippen molar-refractivity contribution in [3.8, 4) is 5.75 Å². The molecule has 2 atom stereocenters. The molecule has 2 aromatic carbocycles. The molecule has 0 heterocycles. The zero-order chi connectivity index (χ0) is 14.5. The number of hydrogen-bond acceptors (Lipinski definition) is 1. The highest BCUT2D eigenvalue weighted by Gasteiger charge is 2.23. The average Bonchev–Trinajstić information content (AvgIpc) is 2.48. The molecule has 20 heavy (non-hydrogen) atoms. The van der Waals surface area contributed by atoms with Crippen LogP contribution in [0, 0.1) is 0 Å². The molecule has 0 aliphatic heterocycles. The summed E-state index contributed by atoms with van der Waals surface area (Å²) in [4.78, 5) is 0. The van der Waals surface area contributed by atoms with Crippen molar-refractivity contribution in [2.75, 3.05) is 7.11 Å². The van der Waals surface area contributed by atoms with Gasteiger partial charge in [-0.2, -0.15) is 0 Å². The molecule has 0 aliphatic rings. The number of alkyl halides is 1. The predicted molar refractivity (Wildman–Crippen MR) is 86.1 cm³/mol. The molecule has 2 unspecified atom stereocenters. The summed E-state index contributed by atoms with van der Waals surface area (Å²) in [5.41, 5.74) is 2.19. The lowest BCUT2D eigenvalue weighted by Gasteiger charge is -2.23. The molecule has 2 rings (SSSR count). The molecule has 3 heteroatoms. The quantitative estimate of drug-likeness (QED) is 0.632. The maximum absolute atomic E-state index is 6.68. The standard InChI is InChI=1S/C17H18Cl2O/c1-3-14(12-7-5-4-6-8-12)17(19)15-10-9-13(20-2)11-16(15)18/h4-11,14,17H,3H2,1-2H3. The Morgan fingerprint density at radius 2 is 1.80 bits per heavy atom. The Hall–Kier alpha value is -1.18. The number of halogens is 2. The number of ether oxygens (including phenoxy) is 1. The van der Waals surface area contributed by atoms with E-state index >= 15 is 0 Å². The largest absolute Gasteiger partial charge is 0.497 e. The van der Waals surface area contributed by atoms with E-state index < -0.39 is 0 Å². The smallest absolute Gasteiger partial charge is 0.120 e. The van der Waals surface area contributed by atoms with Crippen LogP contribution in [0.25, 0.3) is 0 Å². The molecule has 0 N–H and O–H groups in total. The molecule has 106 valence electrons. The van der Waals surface area contributed by atoms with Gasteiger partial charge in [-0.05, 0) is 29.7 Å². The second kappa shape index (κ2) is 7.01. The summed E-state index contributed by atoms with van der Waals surface area (Å²) >= 11 is 13.0. The zero-order valence-electron chi connectivity index (χ0n) is 11.6. The molecule has 0 bridgehead atoms. The molecule has 0 spiro atoms. The Morgan fingerprint density at radius 3 is 2.35 bits per heavy atom. The van der Waals surface area contributed by atoms with Crippen molar-refractivity contribution in [1.29, 1.82) is 0 Å². The van der Waals surface area contributed by atoms with Gasteiger partial charge in [0.2, 0.25) is 0 Å². The van der Waals surface area contributed by atoms with Crippen LogP contribution in [0.2, 0.25) is 5.02 Å². The van der Waals surface area contributed by atoms with Crippen molar-refractivity contribution in [2.24, 2.45) is 0 Å². The van der Waals surface area contributed by atoms with Gasteiger partial charge in [-0.15, -0.1) is 11.6 Å². The lowest BCUT2D eigenvalue weighted by molar-refractivity contribution is 0.414. The third kappa shape index (κ3) is 3.28. The molecule has 0 amide bonds. The van der Waals surface area contributed by atoms with Gasteiger partial charge < -0.3 is 4.74 Å². The molecule has 0 saturated carbocycles. The summed E-state index contributed by atoms with van der Waals surface area (Å²) in [6, 6.07) is 16.0. The molecule has 0 saturated heterocycles. The highest BCUT2D eigenvalue weighted by Crippen LogP contribution is 2.42. The maximum Gasteiger partial charge on any atom is 0.120 e. The monoisotopic (exact) mass is 308 g/mol. The molecular formula is C17H18Cl2O. The van der Waals surface area contributed by atoms with Crippen molar-refractivity contribution in [1.82, 2.24) is 0 Å². The van der Waals surface area contributed by atoms with Crippen LogP contribution in [0.5, 0.6) is 5.75 Å². The molecule has 0 radical (unpaired) electrons. The van der Waals surface area contributed by atoms with E-state index in [1.54, 1.807) is 7.11 Å². The van der Waals surface area contributed by atoms with Gasteiger partial charge in [0, 0.05) is 10.9 Å². The van der Waals surface area contributed by atoms with E-state index in [9.17, 15) is 0 Å². The molecule has 0 aromatic heterocycles. The van der Waals surface area contributed by atoms with E-state index in [1.165, 1.54) is 5.56 Å². The second-order valence-corrected chi connectivity index (χ2v) is 5.59. The average molecular weight is 309 g/mol. The minimum absolute atomic E-state index is 0.152. The number of rotatable bonds is 5. The number of methoxy groups -OCH3 is 1. The first kappa shape index (κ1) is 15.2. The second-order valence-electron chi connectivity index (χ2n) is 4.71. The van der Waals surface area contributed by atoms with Crippen molar-refractivity contribution in [3.05, 3.63) is 64.7 Å². The zero-order valence-corrected chi connectivity index (χ0v) is 13.2. The van der Waals surface area contributed by atoms with Crippen LogP contribution in [-0.2, 0) is 0 Å². The molecule has 2 aromatic rings. The normalized spacial score (nSPS) is 13.8. The predicted octanol–water partition coefficient (Wildman–Crippen LogP) is 5.82. The highest BCUT2D eigenvalue weighted by atomic mass is 35.5. The summed E-state index contributed by atoms with van der Waals surface area (Å²) in [7, 11) is 1.63. The molecule has 1 nitrogen and oxygen atoms in total. The van der Waals surface area contributed by atoms with Gasteiger partial charge in [-0.1, -0.05) is 54.9 Å². The van der Waals surface area contributed by atoms with E-state index in [2.05, 4.69) is 19.1 Å². The first-order chi connectivity index (χ1) is 9.67. The van der Waals surface area contributed by atoms with E-state index in [4.69, 9.17) is 27.9 Å². The van der Waals surface area contributed by atoms with Crippen molar-refractivity contribution in [2.45, 2.75) is 24.6 Å². The van der Waals surface area contributed by atoms with Gasteiger partial charge in [-0.25, -0.2) is 0 Å². The minimum Gasteiger partial charge on any atom is -0.497 e. The number of hydrogen-bond donors (Lipinski definition) is 0. The van der Waals surface area contributed by atoms with Crippen LogP contribution >= 0.6 is 23.2 Å². The summed E-state index contributed by atoms with van der Waals surface area (Å²) in [5.74, 6) is 0.985. The van der Waals surface area contributed by atoms with Gasteiger partial charge in [0.05, 0.1) is 12.5 Å². The van der Waals surface area contributed by atoms with Gasteiger partial charge in [-0.3, -0.25) is 0 Å². The van der Waals surface area contributed by atoms with Crippen LogP contribution < -0.4 is 4.74 Å². The lowest BCUT2D eigenvalue weighted by Crippen LogP contribution is -2.06. The van der Waals surface area contributed by atoms with E-state index in [1.807, 2.05) is 36.4 Å². The Kier molecular flexibility index (Phi) is 5.33. The summed E-state index contributed by atoms with van der Waals surface area (Å²) < 4.78 is 5.17. The maximum atomic E-state index is 6.68. The van der Waals surface area contributed by atoms with Crippen LogP contribution in [-0.4, -0.2) is 7.11 Å². The van der Waals surface area contributed by atoms with Crippen molar-refractivity contribution < 1.29 is 4.74 Å². The van der Waals surface area contributed by atoms with Gasteiger partial charge in [0.25, 0.3) is 0 Å². The fourth-order valence-corrected chi connectivity index (χ4v) is 3.24.